The Balaban J connectivity index is 1.48. The SMILES string of the molecule is Cc1c(Cc2cnccc2C(=O)O)cnn1[C@@H]1CCCN(C2CCC2)CC1. The van der Waals surface area contributed by atoms with E-state index in [1.54, 1.807) is 12.3 Å². The molecule has 1 aliphatic carbocycles. The molecule has 0 amide bonds. The molecule has 27 heavy (non-hydrogen) atoms. The molecule has 1 N–H and O–H groups in total. The predicted octanol–water partition coefficient (Wildman–Crippen LogP) is 3.46. The molecule has 1 saturated heterocycles. The molecule has 2 aromatic rings. The van der Waals surface area contributed by atoms with Crippen LogP contribution in [0.25, 0.3) is 0 Å². The second-order valence-electron chi connectivity index (χ2n) is 7.92. The summed E-state index contributed by atoms with van der Waals surface area (Å²) in [5, 5.41) is 14.1. The van der Waals surface area contributed by atoms with Gasteiger partial charge in [0.05, 0.1) is 17.8 Å². The van der Waals surface area contributed by atoms with Crippen LogP contribution >= 0.6 is 0 Å². The van der Waals surface area contributed by atoms with Crippen molar-refractivity contribution in [1.29, 1.82) is 0 Å². The normalized spacial score (nSPS) is 21.6. The van der Waals surface area contributed by atoms with Crippen LogP contribution in [0, 0.1) is 6.92 Å². The van der Waals surface area contributed by atoms with Crippen molar-refractivity contribution in [2.45, 2.75) is 64.0 Å². The summed E-state index contributed by atoms with van der Waals surface area (Å²) < 4.78 is 2.18. The third-order valence-corrected chi connectivity index (χ3v) is 6.33. The zero-order valence-electron chi connectivity index (χ0n) is 16.0. The Hall–Kier alpha value is -2.21. The summed E-state index contributed by atoms with van der Waals surface area (Å²) in [6.07, 6.45) is 13.3. The molecule has 3 heterocycles. The molecule has 4 rings (SSSR count). The molecular weight excluding hydrogens is 340 g/mol. The number of carboxylic acid groups (broad SMARTS) is 1. The Kier molecular flexibility index (Phi) is 5.25. The number of aromatic nitrogens is 3. The minimum absolute atomic E-state index is 0.322. The highest BCUT2D eigenvalue weighted by atomic mass is 16.4. The minimum atomic E-state index is -0.905. The Morgan fingerprint density at radius 3 is 2.67 bits per heavy atom. The number of aromatic carboxylic acids is 1. The van der Waals surface area contributed by atoms with Gasteiger partial charge in [-0.05, 0) is 62.8 Å². The molecule has 0 bridgehead atoms. The first-order chi connectivity index (χ1) is 13.1. The number of hydrogen-bond donors (Lipinski definition) is 1. The van der Waals surface area contributed by atoms with Gasteiger partial charge in [0.25, 0.3) is 0 Å². The monoisotopic (exact) mass is 368 g/mol. The number of pyridine rings is 1. The lowest BCUT2D eigenvalue weighted by molar-refractivity contribution is 0.0695. The Bertz CT molecular complexity index is 812. The number of rotatable bonds is 5. The zero-order valence-corrected chi connectivity index (χ0v) is 16.0. The van der Waals surface area contributed by atoms with Crippen LogP contribution < -0.4 is 0 Å². The molecule has 2 fully saturated rings. The molecule has 0 aromatic carbocycles. The van der Waals surface area contributed by atoms with Crippen LogP contribution in [-0.4, -0.2) is 49.9 Å². The van der Waals surface area contributed by atoms with Crippen molar-refractivity contribution in [2.24, 2.45) is 0 Å². The number of hydrogen-bond acceptors (Lipinski definition) is 4. The highest BCUT2D eigenvalue weighted by Crippen LogP contribution is 2.31. The quantitative estimate of drug-likeness (QED) is 0.875. The number of carbonyl (C=O) groups is 1. The van der Waals surface area contributed by atoms with Crippen LogP contribution in [-0.2, 0) is 6.42 Å². The summed E-state index contributed by atoms with van der Waals surface area (Å²) in [4.78, 5) is 18.2. The second kappa shape index (κ2) is 7.80. The summed E-state index contributed by atoms with van der Waals surface area (Å²) in [5.41, 5.74) is 3.30. The fraction of sp³-hybridized carbons (Fsp3) is 0.571. The summed E-state index contributed by atoms with van der Waals surface area (Å²) in [5.74, 6) is -0.905. The van der Waals surface area contributed by atoms with Crippen molar-refractivity contribution >= 4 is 5.97 Å². The fourth-order valence-corrected chi connectivity index (χ4v) is 4.45. The first-order valence-electron chi connectivity index (χ1n) is 10.1. The van der Waals surface area contributed by atoms with E-state index in [9.17, 15) is 9.90 Å². The van der Waals surface area contributed by atoms with Crippen molar-refractivity contribution in [2.75, 3.05) is 13.1 Å². The molecule has 144 valence electrons. The largest absolute Gasteiger partial charge is 0.478 e. The molecule has 1 atom stereocenters. The van der Waals surface area contributed by atoms with Gasteiger partial charge in [-0.15, -0.1) is 0 Å². The van der Waals surface area contributed by atoms with E-state index in [2.05, 4.69) is 26.6 Å². The average molecular weight is 368 g/mol. The maximum Gasteiger partial charge on any atom is 0.336 e. The predicted molar refractivity (Wildman–Crippen MR) is 103 cm³/mol. The van der Waals surface area contributed by atoms with E-state index < -0.39 is 5.97 Å². The third-order valence-electron chi connectivity index (χ3n) is 6.33. The summed E-state index contributed by atoms with van der Waals surface area (Å²) >= 11 is 0. The first kappa shape index (κ1) is 18.2. The Morgan fingerprint density at radius 2 is 1.93 bits per heavy atom. The lowest BCUT2D eigenvalue weighted by Gasteiger charge is -2.36. The van der Waals surface area contributed by atoms with E-state index in [0.717, 1.165) is 35.8 Å². The van der Waals surface area contributed by atoms with E-state index in [0.29, 0.717) is 18.0 Å². The highest BCUT2D eigenvalue weighted by Gasteiger charge is 2.28. The summed E-state index contributed by atoms with van der Waals surface area (Å²) in [7, 11) is 0. The van der Waals surface area contributed by atoms with E-state index in [-0.39, 0.29) is 0 Å². The highest BCUT2D eigenvalue weighted by molar-refractivity contribution is 5.89. The van der Waals surface area contributed by atoms with Crippen LogP contribution in [0.1, 0.15) is 71.7 Å². The lowest BCUT2D eigenvalue weighted by atomic mass is 9.91. The molecular formula is C21H28N4O2. The van der Waals surface area contributed by atoms with Gasteiger partial charge in [0.2, 0.25) is 0 Å². The summed E-state index contributed by atoms with van der Waals surface area (Å²) in [6, 6.07) is 2.83. The van der Waals surface area contributed by atoms with Gasteiger partial charge in [0.15, 0.2) is 0 Å². The van der Waals surface area contributed by atoms with Crippen LogP contribution in [0.5, 0.6) is 0 Å². The summed E-state index contributed by atoms with van der Waals surface area (Å²) in [6.45, 7) is 4.48. The fourth-order valence-electron chi connectivity index (χ4n) is 4.45. The standard InChI is InChI=1S/C21H28N4O2/c1-15-16(12-17-13-22-9-7-20(17)21(26)27)14-23-25(15)19-6-3-10-24(11-8-19)18-4-2-5-18/h7,9,13-14,18-19H,2-6,8,10-12H2,1H3,(H,26,27)/t19-/m1/s1. The van der Waals surface area contributed by atoms with Crippen molar-refractivity contribution < 1.29 is 9.90 Å². The smallest absolute Gasteiger partial charge is 0.336 e. The van der Waals surface area contributed by atoms with Gasteiger partial charge in [-0.2, -0.15) is 5.10 Å². The van der Waals surface area contributed by atoms with Gasteiger partial charge in [0.1, 0.15) is 0 Å². The second-order valence-corrected chi connectivity index (χ2v) is 7.92. The molecule has 2 aromatic heterocycles. The van der Waals surface area contributed by atoms with E-state index in [4.69, 9.17) is 0 Å². The van der Waals surface area contributed by atoms with E-state index >= 15 is 0 Å². The zero-order chi connectivity index (χ0) is 18.8. The van der Waals surface area contributed by atoms with Crippen molar-refractivity contribution in [3.05, 3.63) is 47.0 Å². The van der Waals surface area contributed by atoms with Crippen LogP contribution in [0.2, 0.25) is 0 Å². The van der Waals surface area contributed by atoms with Crippen molar-refractivity contribution in [3.63, 3.8) is 0 Å². The molecule has 0 spiro atoms. The van der Waals surface area contributed by atoms with Gasteiger partial charge in [0, 0.05) is 37.1 Å². The molecule has 1 saturated carbocycles. The topological polar surface area (TPSA) is 71.2 Å². The van der Waals surface area contributed by atoms with Crippen LogP contribution in [0.15, 0.2) is 24.7 Å². The molecule has 0 unspecified atom stereocenters. The van der Waals surface area contributed by atoms with Crippen LogP contribution in [0.4, 0.5) is 0 Å². The van der Waals surface area contributed by atoms with Gasteiger partial charge < -0.3 is 10.0 Å². The van der Waals surface area contributed by atoms with Crippen molar-refractivity contribution in [1.82, 2.24) is 19.7 Å². The molecule has 0 radical (unpaired) electrons. The van der Waals surface area contributed by atoms with Gasteiger partial charge >= 0.3 is 5.97 Å². The number of carboxylic acids is 1. The van der Waals surface area contributed by atoms with Gasteiger partial charge in [-0.1, -0.05) is 6.42 Å². The number of nitrogens with zero attached hydrogens (tertiary/aromatic N) is 4. The van der Waals surface area contributed by atoms with Crippen LogP contribution in [0.3, 0.4) is 0 Å². The maximum atomic E-state index is 11.4. The average Bonchev–Trinajstić information content (AvgIpc) is 2.82. The van der Waals surface area contributed by atoms with Gasteiger partial charge in [-0.3, -0.25) is 9.67 Å². The molecule has 6 nitrogen and oxygen atoms in total. The third kappa shape index (κ3) is 3.76. The lowest BCUT2D eigenvalue weighted by Crippen LogP contribution is -2.40. The number of likely N-dealkylation sites (tertiary alicyclic amines) is 1. The van der Waals surface area contributed by atoms with E-state index in [1.807, 2.05) is 6.20 Å². The molecule has 1 aliphatic heterocycles. The Labute approximate surface area is 160 Å². The minimum Gasteiger partial charge on any atom is -0.478 e. The van der Waals surface area contributed by atoms with Crippen molar-refractivity contribution in [3.8, 4) is 0 Å². The van der Waals surface area contributed by atoms with E-state index in [1.165, 1.54) is 44.8 Å². The molecule has 2 aliphatic rings. The molecule has 6 heteroatoms. The first-order valence-corrected chi connectivity index (χ1v) is 10.1. The maximum absolute atomic E-state index is 11.4. The Morgan fingerprint density at radius 1 is 1.11 bits per heavy atom. The van der Waals surface area contributed by atoms with Gasteiger partial charge in [-0.25, -0.2) is 4.79 Å².